The zero-order chi connectivity index (χ0) is 8.10. The number of hydrogen-bond acceptors (Lipinski definition) is 2. The summed E-state index contributed by atoms with van der Waals surface area (Å²) < 4.78 is 0. The lowest BCUT2D eigenvalue weighted by Crippen LogP contribution is -2.10. The van der Waals surface area contributed by atoms with Gasteiger partial charge in [-0.05, 0) is 6.07 Å². The normalized spacial score (nSPS) is 9.18. The Kier molecular flexibility index (Phi) is 2.86. The smallest absolute Gasteiger partial charge is 0.207 e. The summed E-state index contributed by atoms with van der Waals surface area (Å²) in [6, 6.07) is 3.58. The number of nitrogens with one attached hydrogen (secondary N) is 1. The average molecular weight is 171 g/mol. The van der Waals surface area contributed by atoms with Gasteiger partial charge in [0.1, 0.15) is 5.15 Å². The Balaban J connectivity index is 2.69. The fraction of sp³-hybridized carbons (Fsp3) is 0.143. The van der Waals surface area contributed by atoms with E-state index in [0.29, 0.717) is 18.1 Å². The molecule has 1 heterocycles. The number of nitrogens with zero attached hydrogens (tertiary/aromatic N) is 1. The highest BCUT2D eigenvalue weighted by Gasteiger charge is 1.96. The van der Waals surface area contributed by atoms with Crippen molar-refractivity contribution in [3.8, 4) is 0 Å². The summed E-state index contributed by atoms with van der Waals surface area (Å²) in [5.41, 5.74) is 0.821. The van der Waals surface area contributed by atoms with E-state index in [9.17, 15) is 4.79 Å². The van der Waals surface area contributed by atoms with Gasteiger partial charge in [-0.3, -0.25) is 4.79 Å². The molecule has 0 fully saturated rings. The minimum Gasteiger partial charge on any atom is -0.354 e. The minimum atomic E-state index is 0.427. The Morgan fingerprint density at radius 1 is 1.73 bits per heavy atom. The molecule has 0 saturated carbocycles. The van der Waals surface area contributed by atoms with E-state index < -0.39 is 0 Å². The third kappa shape index (κ3) is 2.20. The standard InChI is InChI=1S/C7H7ClN2O/c8-7-6(4-9-5-11)2-1-3-10-7/h1-3,5H,4H2,(H,9,11). The summed E-state index contributed by atoms with van der Waals surface area (Å²) in [5, 5.41) is 2.93. The Labute approximate surface area is 69.4 Å². The number of aromatic nitrogens is 1. The Hall–Kier alpha value is -1.09. The molecule has 0 unspecified atom stereocenters. The first-order valence-electron chi connectivity index (χ1n) is 3.11. The summed E-state index contributed by atoms with van der Waals surface area (Å²) in [4.78, 5) is 13.8. The van der Waals surface area contributed by atoms with Gasteiger partial charge in [0.05, 0.1) is 0 Å². The molecule has 0 aliphatic heterocycles. The van der Waals surface area contributed by atoms with Crippen molar-refractivity contribution < 1.29 is 4.79 Å². The van der Waals surface area contributed by atoms with Gasteiger partial charge in [-0.1, -0.05) is 17.7 Å². The second-order valence-corrected chi connectivity index (χ2v) is 2.31. The van der Waals surface area contributed by atoms with Crippen molar-refractivity contribution in [2.45, 2.75) is 6.54 Å². The van der Waals surface area contributed by atoms with E-state index in [4.69, 9.17) is 11.6 Å². The molecule has 0 radical (unpaired) electrons. The van der Waals surface area contributed by atoms with E-state index in [1.807, 2.05) is 6.07 Å². The van der Waals surface area contributed by atoms with Crippen LogP contribution >= 0.6 is 11.6 Å². The summed E-state index contributed by atoms with van der Waals surface area (Å²) in [5.74, 6) is 0. The Morgan fingerprint density at radius 3 is 3.18 bits per heavy atom. The van der Waals surface area contributed by atoms with Crippen molar-refractivity contribution in [3.05, 3.63) is 29.0 Å². The van der Waals surface area contributed by atoms with Gasteiger partial charge in [-0.25, -0.2) is 4.98 Å². The summed E-state index contributed by atoms with van der Waals surface area (Å²) in [7, 11) is 0. The molecule has 0 aliphatic carbocycles. The van der Waals surface area contributed by atoms with Gasteiger partial charge in [0, 0.05) is 18.3 Å². The van der Waals surface area contributed by atoms with Gasteiger partial charge in [0.25, 0.3) is 0 Å². The number of halogens is 1. The molecule has 1 rings (SSSR count). The number of hydrogen-bond donors (Lipinski definition) is 1. The van der Waals surface area contributed by atoms with Gasteiger partial charge in [-0.2, -0.15) is 0 Å². The zero-order valence-corrected chi connectivity index (χ0v) is 6.51. The molecule has 1 N–H and O–H groups in total. The van der Waals surface area contributed by atoms with E-state index in [-0.39, 0.29) is 0 Å². The molecule has 0 aromatic carbocycles. The monoisotopic (exact) mass is 170 g/mol. The topological polar surface area (TPSA) is 42.0 Å². The second-order valence-electron chi connectivity index (χ2n) is 1.95. The number of pyridine rings is 1. The number of rotatable bonds is 3. The van der Waals surface area contributed by atoms with Gasteiger partial charge in [-0.15, -0.1) is 0 Å². The lowest BCUT2D eigenvalue weighted by molar-refractivity contribution is -0.109. The number of carbonyl (C=O) groups excluding carboxylic acids is 1. The third-order valence-corrected chi connectivity index (χ3v) is 1.55. The lowest BCUT2D eigenvalue weighted by atomic mass is 10.3. The van der Waals surface area contributed by atoms with E-state index in [0.717, 1.165) is 5.56 Å². The highest BCUT2D eigenvalue weighted by atomic mass is 35.5. The lowest BCUT2D eigenvalue weighted by Gasteiger charge is -1.99. The molecule has 1 aromatic heterocycles. The molecule has 4 heteroatoms. The first-order valence-corrected chi connectivity index (χ1v) is 3.49. The minimum absolute atomic E-state index is 0.427. The van der Waals surface area contributed by atoms with Crippen molar-refractivity contribution in [1.29, 1.82) is 0 Å². The number of carbonyl (C=O) groups is 1. The van der Waals surface area contributed by atoms with Crippen LogP contribution in [0.25, 0.3) is 0 Å². The molecule has 1 amide bonds. The maximum Gasteiger partial charge on any atom is 0.207 e. The van der Waals surface area contributed by atoms with Crippen LogP contribution in [0.1, 0.15) is 5.56 Å². The van der Waals surface area contributed by atoms with Crippen LogP contribution in [-0.4, -0.2) is 11.4 Å². The second kappa shape index (κ2) is 3.93. The predicted octanol–water partition coefficient (Wildman–Crippen LogP) is 0.981. The zero-order valence-electron chi connectivity index (χ0n) is 5.75. The highest BCUT2D eigenvalue weighted by molar-refractivity contribution is 6.30. The van der Waals surface area contributed by atoms with Crippen LogP contribution < -0.4 is 5.32 Å². The summed E-state index contributed by atoms with van der Waals surface area (Å²) in [6.07, 6.45) is 2.23. The first-order chi connectivity index (χ1) is 5.34. The SMILES string of the molecule is O=CNCc1cccnc1Cl. The molecule has 0 bridgehead atoms. The van der Waals surface area contributed by atoms with Crippen LogP contribution in [0.2, 0.25) is 5.15 Å². The fourth-order valence-corrected chi connectivity index (χ4v) is 0.889. The Bertz CT molecular complexity index is 252. The number of amides is 1. The van der Waals surface area contributed by atoms with Gasteiger partial charge in [0.15, 0.2) is 0 Å². The van der Waals surface area contributed by atoms with Crippen molar-refractivity contribution in [2.24, 2.45) is 0 Å². The van der Waals surface area contributed by atoms with Crippen LogP contribution in [0, 0.1) is 0 Å². The van der Waals surface area contributed by atoms with Crippen LogP contribution in [0.5, 0.6) is 0 Å². The maximum absolute atomic E-state index is 9.91. The van der Waals surface area contributed by atoms with Gasteiger partial charge >= 0.3 is 0 Å². The molecule has 1 aromatic rings. The van der Waals surface area contributed by atoms with Gasteiger partial charge < -0.3 is 5.32 Å². The van der Waals surface area contributed by atoms with Crippen molar-refractivity contribution >= 4 is 18.0 Å². The summed E-state index contributed by atoms with van der Waals surface area (Å²) in [6.45, 7) is 0.427. The van der Waals surface area contributed by atoms with Crippen molar-refractivity contribution in [1.82, 2.24) is 10.3 Å². The van der Waals surface area contributed by atoms with Crippen LogP contribution in [0.4, 0.5) is 0 Å². The van der Waals surface area contributed by atoms with E-state index >= 15 is 0 Å². The summed E-state index contributed by atoms with van der Waals surface area (Å²) >= 11 is 5.69. The predicted molar refractivity (Wildman–Crippen MR) is 42.2 cm³/mol. The molecule has 58 valence electrons. The van der Waals surface area contributed by atoms with Crippen molar-refractivity contribution in [2.75, 3.05) is 0 Å². The van der Waals surface area contributed by atoms with Crippen LogP contribution in [0.3, 0.4) is 0 Å². The van der Waals surface area contributed by atoms with Gasteiger partial charge in [0.2, 0.25) is 6.41 Å². The molecule has 3 nitrogen and oxygen atoms in total. The van der Waals surface area contributed by atoms with Crippen LogP contribution in [-0.2, 0) is 11.3 Å². The molecular weight excluding hydrogens is 164 g/mol. The Morgan fingerprint density at radius 2 is 2.55 bits per heavy atom. The third-order valence-electron chi connectivity index (χ3n) is 1.21. The van der Waals surface area contributed by atoms with E-state index in [2.05, 4.69) is 10.3 Å². The molecule has 11 heavy (non-hydrogen) atoms. The quantitative estimate of drug-likeness (QED) is 0.543. The highest BCUT2D eigenvalue weighted by Crippen LogP contribution is 2.09. The maximum atomic E-state index is 9.91. The first kappa shape index (κ1) is 8.01. The fourth-order valence-electron chi connectivity index (χ4n) is 0.703. The molecule has 0 spiro atoms. The molecular formula is C7H7ClN2O. The molecule has 0 aliphatic rings. The largest absolute Gasteiger partial charge is 0.354 e. The van der Waals surface area contributed by atoms with Crippen molar-refractivity contribution in [3.63, 3.8) is 0 Å². The average Bonchev–Trinajstić information content (AvgIpc) is 2.03. The van der Waals surface area contributed by atoms with E-state index in [1.54, 1.807) is 12.3 Å². The molecule has 0 atom stereocenters. The van der Waals surface area contributed by atoms with E-state index in [1.165, 1.54) is 0 Å². The molecule has 0 saturated heterocycles. The van der Waals surface area contributed by atoms with Crippen LogP contribution in [0.15, 0.2) is 18.3 Å².